The van der Waals surface area contributed by atoms with E-state index in [4.69, 9.17) is 5.26 Å². The molecule has 0 aliphatic heterocycles. The first-order chi connectivity index (χ1) is 7.17. The number of rotatable bonds is 8. The van der Waals surface area contributed by atoms with Gasteiger partial charge in [0.1, 0.15) is 0 Å². The van der Waals surface area contributed by atoms with Gasteiger partial charge in [-0.05, 0) is 25.9 Å². The molecule has 3 heteroatoms. The van der Waals surface area contributed by atoms with E-state index in [-0.39, 0.29) is 6.04 Å². The first kappa shape index (κ1) is 14.4. The number of hydrogen-bond acceptors (Lipinski definition) is 3. The molecular formula is C12H25N3. The van der Waals surface area contributed by atoms with Crippen molar-refractivity contribution in [1.82, 2.24) is 10.2 Å². The second-order valence-electron chi connectivity index (χ2n) is 4.17. The van der Waals surface area contributed by atoms with Crippen molar-refractivity contribution < 1.29 is 0 Å². The Bertz CT molecular complexity index is 186. The lowest BCUT2D eigenvalue weighted by Gasteiger charge is -2.24. The quantitative estimate of drug-likeness (QED) is 0.666. The monoisotopic (exact) mass is 211 g/mol. The van der Waals surface area contributed by atoms with Gasteiger partial charge in [0.2, 0.25) is 0 Å². The van der Waals surface area contributed by atoms with E-state index in [1.807, 2.05) is 7.05 Å². The zero-order valence-corrected chi connectivity index (χ0v) is 10.6. The smallest absolute Gasteiger partial charge is 0.0962 e. The van der Waals surface area contributed by atoms with E-state index >= 15 is 0 Å². The third kappa shape index (κ3) is 6.48. The van der Waals surface area contributed by atoms with Gasteiger partial charge in [0, 0.05) is 13.1 Å². The Balaban J connectivity index is 3.84. The summed E-state index contributed by atoms with van der Waals surface area (Å²) in [4.78, 5) is 2.43. The minimum atomic E-state index is -0.00372. The normalized spacial score (nSPS) is 14.9. The van der Waals surface area contributed by atoms with Crippen molar-refractivity contribution in [3.8, 4) is 6.07 Å². The molecule has 2 atom stereocenters. The highest BCUT2D eigenvalue weighted by molar-refractivity contribution is 4.88. The lowest BCUT2D eigenvalue weighted by molar-refractivity contribution is 0.238. The molecule has 0 rings (SSSR count). The fraction of sp³-hybridized carbons (Fsp3) is 0.917. The Kier molecular flexibility index (Phi) is 8.35. The van der Waals surface area contributed by atoms with Crippen LogP contribution in [0.25, 0.3) is 0 Å². The largest absolute Gasteiger partial charge is 0.305 e. The molecule has 0 heterocycles. The molecule has 0 aliphatic carbocycles. The fourth-order valence-corrected chi connectivity index (χ4v) is 1.53. The van der Waals surface area contributed by atoms with Gasteiger partial charge in [-0.15, -0.1) is 0 Å². The molecular weight excluding hydrogens is 186 g/mol. The van der Waals surface area contributed by atoms with Crippen LogP contribution in [0.1, 0.15) is 33.6 Å². The summed E-state index contributed by atoms with van der Waals surface area (Å²) in [5.41, 5.74) is 0. The fourth-order valence-electron chi connectivity index (χ4n) is 1.53. The van der Waals surface area contributed by atoms with Crippen LogP contribution >= 0.6 is 0 Å². The maximum atomic E-state index is 8.81. The Hall–Kier alpha value is -0.590. The molecule has 1 N–H and O–H groups in total. The zero-order valence-electron chi connectivity index (χ0n) is 10.6. The first-order valence-electron chi connectivity index (χ1n) is 5.97. The summed E-state index contributed by atoms with van der Waals surface area (Å²) >= 11 is 0. The van der Waals surface area contributed by atoms with Crippen LogP contribution < -0.4 is 5.32 Å². The Morgan fingerprint density at radius 2 is 2.07 bits per heavy atom. The molecule has 0 amide bonds. The Morgan fingerprint density at radius 1 is 1.40 bits per heavy atom. The molecule has 0 aromatic heterocycles. The summed E-state index contributed by atoms with van der Waals surface area (Å²) in [5.74, 6) is 0.750. The topological polar surface area (TPSA) is 39.1 Å². The highest BCUT2D eigenvalue weighted by Crippen LogP contribution is 2.05. The lowest BCUT2D eigenvalue weighted by Crippen LogP contribution is -2.34. The van der Waals surface area contributed by atoms with Crippen molar-refractivity contribution >= 4 is 0 Å². The summed E-state index contributed by atoms with van der Waals surface area (Å²) in [6.45, 7) is 9.93. The third-order valence-electron chi connectivity index (χ3n) is 2.95. The number of nitrogens with one attached hydrogen (secondary N) is 1. The predicted molar refractivity (Wildman–Crippen MR) is 64.6 cm³/mol. The number of hydrogen-bond donors (Lipinski definition) is 1. The van der Waals surface area contributed by atoms with Gasteiger partial charge in [0.25, 0.3) is 0 Å². The van der Waals surface area contributed by atoms with Gasteiger partial charge in [-0.1, -0.05) is 27.2 Å². The molecule has 0 bridgehead atoms. The first-order valence-corrected chi connectivity index (χ1v) is 5.97. The van der Waals surface area contributed by atoms with Crippen LogP contribution in [-0.4, -0.2) is 37.6 Å². The minimum absolute atomic E-state index is 0.00372. The summed E-state index contributed by atoms with van der Waals surface area (Å²) in [6.07, 6.45) is 2.14. The van der Waals surface area contributed by atoms with Crippen LogP contribution in [0.4, 0.5) is 0 Å². The summed E-state index contributed by atoms with van der Waals surface area (Å²) in [6, 6.07) is 2.26. The maximum absolute atomic E-state index is 8.81. The molecule has 0 aromatic rings. The van der Waals surface area contributed by atoms with Gasteiger partial charge in [0.15, 0.2) is 0 Å². The predicted octanol–water partition coefficient (Wildman–Crippen LogP) is 1.86. The molecule has 0 aromatic carbocycles. The van der Waals surface area contributed by atoms with Gasteiger partial charge in [-0.25, -0.2) is 0 Å². The van der Waals surface area contributed by atoms with Crippen LogP contribution in [0.15, 0.2) is 0 Å². The molecule has 0 saturated carbocycles. The van der Waals surface area contributed by atoms with Gasteiger partial charge in [0.05, 0.1) is 12.1 Å². The Labute approximate surface area is 94.5 Å². The Morgan fingerprint density at radius 3 is 2.47 bits per heavy atom. The molecule has 2 unspecified atom stereocenters. The molecule has 0 spiro atoms. The third-order valence-corrected chi connectivity index (χ3v) is 2.95. The second kappa shape index (κ2) is 8.70. The highest BCUT2D eigenvalue weighted by atomic mass is 15.1. The van der Waals surface area contributed by atoms with Crippen molar-refractivity contribution in [2.24, 2.45) is 5.92 Å². The maximum Gasteiger partial charge on any atom is 0.0962 e. The average molecular weight is 211 g/mol. The van der Waals surface area contributed by atoms with E-state index in [1.54, 1.807) is 0 Å². The molecule has 0 aliphatic rings. The van der Waals surface area contributed by atoms with Gasteiger partial charge >= 0.3 is 0 Å². The van der Waals surface area contributed by atoms with E-state index in [1.165, 1.54) is 6.42 Å². The van der Waals surface area contributed by atoms with Crippen molar-refractivity contribution in [3.05, 3.63) is 0 Å². The molecule has 0 saturated heterocycles. The van der Waals surface area contributed by atoms with Gasteiger partial charge < -0.3 is 10.2 Å². The SMILES string of the molecule is CCC(C)CN(CC)CCC(C#N)NC. The lowest BCUT2D eigenvalue weighted by atomic mass is 10.1. The summed E-state index contributed by atoms with van der Waals surface area (Å²) in [7, 11) is 1.85. The second-order valence-corrected chi connectivity index (χ2v) is 4.17. The standard InChI is InChI=1S/C12H25N3/c1-5-11(3)10-15(6-2)8-7-12(9-13)14-4/h11-12,14H,5-8,10H2,1-4H3. The molecule has 0 radical (unpaired) electrons. The van der Waals surface area contributed by atoms with Gasteiger partial charge in [-0.3, -0.25) is 0 Å². The van der Waals surface area contributed by atoms with E-state index in [9.17, 15) is 0 Å². The van der Waals surface area contributed by atoms with E-state index in [0.29, 0.717) is 0 Å². The highest BCUT2D eigenvalue weighted by Gasteiger charge is 2.10. The minimum Gasteiger partial charge on any atom is -0.305 e. The number of nitriles is 1. The molecule has 88 valence electrons. The van der Waals surface area contributed by atoms with Crippen LogP contribution in [-0.2, 0) is 0 Å². The van der Waals surface area contributed by atoms with Crippen molar-refractivity contribution in [2.45, 2.75) is 39.7 Å². The van der Waals surface area contributed by atoms with Crippen LogP contribution in [0, 0.1) is 17.2 Å². The molecule has 15 heavy (non-hydrogen) atoms. The van der Waals surface area contributed by atoms with Crippen LogP contribution in [0.5, 0.6) is 0 Å². The average Bonchev–Trinajstić information content (AvgIpc) is 2.28. The van der Waals surface area contributed by atoms with Crippen LogP contribution in [0.2, 0.25) is 0 Å². The van der Waals surface area contributed by atoms with Gasteiger partial charge in [-0.2, -0.15) is 5.26 Å². The summed E-state index contributed by atoms with van der Waals surface area (Å²) in [5, 5.41) is 11.8. The van der Waals surface area contributed by atoms with E-state index in [0.717, 1.165) is 32.0 Å². The molecule has 0 fully saturated rings. The van der Waals surface area contributed by atoms with E-state index in [2.05, 4.69) is 37.1 Å². The molecule has 3 nitrogen and oxygen atoms in total. The van der Waals surface area contributed by atoms with E-state index < -0.39 is 0 Å². The van der Waals surface area contributed by atoms with Crippen molar-refractivity contribution in [2.75, 3.05) is 26.7 Å². The van der Waals surface area contributed by atoms with Crippen molar-refractivity contribution in [1.29, 1.82) is 5.26 Å². The van der Waals surface area contributed by atoms with Crippen molar-refractivity contribution in [3.63, 3.8) is 0 Å². The number of nitrogens with zero attached hydrogens (tertiary/aromatic N) is 2. The zero-order chi connectivity index (χ0) is 11.7. The summed E-state index contributed by atoms with van der Waals surface area (Å²) < 4.78 is 0. The van der Waals surface area contributed by atoms with Crippen LogP contribution in [0.3, 0.4) is 0 Å².